The number of amides is 1. The number of rotatable bonds is 7. The van der Waals surface area contributed by atoms with Gasteiger partial charge in [0.05, 0.1) is 23.8 Å². The van der Waals surface area contributed by atoms with E-state index in [2.05, 4.69) is 31.5 Å². The lowest BCUT2D eigenvalue weighted by Gasteiger charge is -2.46. The van der Waals surface area contributed by atoms with Crippen LogP contribution in [0, 0.1) is 11.8 Å². The van der Waals surface area contributed by atoms with Crippen LogP contribution in [0.5, 0.6) is 0 Å². The number of hydrogen-bond donors (Lipinski definition) is 1. The van der Waals surface area contributed by atoms with Gasteiger partial charge in [-0.05, 0) is 32.9 Å². The normalized spacial score (nSPS) is 28.8. The van der Waals surface area contributed by atoms with E-state index in [-0.39, 0.29) is 30.2 Å². The zero-order valence-corrected chi connectivity index (χ0v) is 20.4. The van der Waals surface area contributed by atoms with E-state index in [1.54, 1.807) is 6.92 Å². The van der Waals surface area contributed by atoms with Crippen molar-refractivity contribution in [2.75, 3.05) is 20.2 Å². The quantitative estimate of drug-likeness (QED) is 0.368. The first-order valence-electron chi connectivity index (χ1n) is 10.8. The van der Waals surface area contributed by atoms with Crippen molar-refractivity contribution in [3.05, 3.63) is 40.4 Å². The fraction of sp³-hybridized carbons (Fsp3) is 0.522. The van der Waals surface area contributed by atoms with Gasteiger partial charge in [0, 0.05) is 28.8 Å². The van der Waals surface area contributed by atoms with Gasteiger partial charge in [0.15, 0.2) is 4.34 Å². The van der Waals surface area contributed by atoms with Crippen molar-refractivity contribution < 1.29 is 19.4 Å². The fourth-order valence-corrected chi connectivity index (χ4v) is 6.67. The summed E-state index contributed by atoms with van der Waals surface area (Å²) in [7, 11) is 2.12. The highest BCUT2D eigenvalue weighted by atomic mass is 32.2. The maximum absolute atomic E-state index is 12.9. The number of ether oxygens (including phenoxy) is 1. The summed E-state index contributed by atoms with van der Waals surface area (Å²) in [5.74, 6) is -1.39. The van der Waals surface area contributed by atoms with Gasteiger partial charge in [-0.25, -0.2) is 9.78 Å². The molecule has 9 heteroatoms. The number of carbonyl (C=O) groups is 2. The highest BCUT2D eigenvalue weighted by Crippen LogP contribution is 2.52. The molecule has 3 aliphatic rings. The smallest absolute Gasteiger partial charge is 0.356 e. The first-order chi connectivity index (χ1) is 15.2. The number of fused-ring (bicyclic) bond motifs is 1. The maximum atomic E-state index is 12.9. The molecule has 5 atom stereocenters. The van der Waals surface area contributed by atoms with E-state index in [1.807, 2.05) is 12.3 Å². The lowest BCUT2D eigenvalue weighted by atomic mass is 9.79. The van der Waals surface area contributed by atoms with E-state index in [1.165, 1.54) is 39.6 Å². The Hall–Kier alpha value is -1.94. The van der Waals surface area contributed by atoms with Crippen molar-refractivity contribution in [2.24, 2.45) is 11.8 Å². The van der Waals surface area contributed by atoms with Gasteiger partial charge < -0.3 is 14.7 Å². The molecule has 1 amide bonds. The fourth-order valence-electron chi connectivity index (χ4n) is 4.56. The number of thioether (sulfide) groups is 1. The highest BCUT2D eigenvalue weighted by Gasteiger charge is 2.60. The molecule has 172 valence electrons. The molecule has 32 heavy (non-hydrogen) atoms. The Bertz CT molecular complexity index is 999. The number of aromatic nitrogens is 1. The third-order valence-corrected chi connectivity index (χ3v) is 8.74. The topological polar surface area (TPSA) is 83.0 Å². The van der Waals surface area contributed by atoms with Crippen LogP contribution in [0.4, 0.5) is 0 Å². The van der Waals surface area contributed by atoms with Gasteiger partial charge in [-0.3, -0.25) is 9.69 Å². The first kappa shape index (κ1) is 23.2. The summed E-state index contributed by atoms with van der Waals surface area (Å²) in [5.41, 5.74) is 2.44. The van der Waals surface area contributed by atoms with E-state index in [0.29, 0.717) is 6.04 Å². The molecule has 0 unspecified atom stereocenters. The Labute approximate surface area is 196 Å². The number of aliphatic hydroxyl groups excluding tert-OH is 1. The van der Waals surface area contributed by atoms with Crippen molar-refractivity contribution in [3.63, 3.8) is 0 Å². The lowest BCUT2D eigenvalue weighted by molar-refractivity contribution is -0.164. The van der Waals surface area contributed by atoms with Crippen molar-refractivity contribution in [2.45, 2.75) is 49.7 Å². The molecular weight excluding hydrogens is 446 g/mol. The van der Waals surface area contributed by atoms with Crippen LogP contribution < -0.4 is 0 Å². The van der Waals surface area contributed by atoms with Crippen molar-refractivity contribution in [1.29, 1.82) is 0 Å². The van der Waals surface area contributed by atoms with Crippen molar-refractivity contribution in [3.8, 4) is 0 Å². The van der Waals surface area contributed by atoms with Crippen LogP contribution in [0.3, 0.4) is 0 Å². The average molecular weight is 476 g/mol. The number of carbonyl (C=O) groups excluding carboxylic acids is 2. The summed E-state index contributed by atoms with van der Waals surface area (Å²) >= 11 is 2.96. The molecule has 0 radical (unpaired) electrons. The molecule has 4 rings (SSSR count). The molecule has 1 saturated heterocycles. The van der Waals surface area contributed by atoms with Crippen LogP contribution in [-0.4, -0.2) is 70.2 Å². The van der Waals surface area contributed by atoms with Gasteiger partial charge in [0.1, 0.15) is 12.3 Å². The highest BCUT2D eigenvalue weighted by molar-refractivity contribution is 8.04. The summed E-state index contributed by atoms with van der Waals surface area (Å²) in [4.78, 5) is 35.0. The molecule has 0 aliphatic carbocycles. The zero-order valence-electron chi connectivity index (χ0n) is 18.8. The molecule has 1 fully saturated rings. The Morgan fingerprint density at radius 3 is 2.91 bits per heavy atom. The van der Waals surface area contributed by atoms with Gasteiger partial charge in [-0.1, -0.05) is 37.4 Å². The van der Waals surface area contributed by atoms with E-state index in [0.717, 1.165) is 27.9 Å². The predicted octanol–water partition coefficient (Wildman–Crippen LogP) is 3.14. The SMILES string of the molecule is C=CCOC(=O)C1=C(Sc2nc(C3=CC[C@@H](C)N(C)C3)cs2)[C@H](C)[C@@H]2[C@@H]([C@@H](C)O)C(=O)N12. The van der Waals surface area contributed by atoms with Crippen molar-refractivity contribution >= 4 is 40.5 Å². The van der Waals surface area contributed by atoms with Gasteiger partial charge in [-0.15, -0.1) is 11.3 Å². The number of thiazole rings is 1. The second kappa shape index (κ2) is 9.13. The standard InChI is InChI=1S/C23H29N3O4S2/c1-6-9-30-22(29)19-20(13(3)18-17(14(4)27)21(28)26(18)19)32-23-24-16(11-31-23)15-8-7-12(2)25(5)10-15/h6,8,11-14,17-18,27H,1,7,9-10H2,2-5H3/t12-,13-,14-,17-,18-/m1/s1. The summed E-state index contributed by atoms with van der Waals surface area (Å²) in [6.45, 7) is 10.3. The monoisotopic (exact) mass is 475 g/mol. The summed E-state index contributed by atoms with van der Waals surface area (Å²) in [6.07, 6.45) is 3.97. The number of aliphatic hydroxyl groups is 1. The summed E-state index contributed by atoms with van der Waals surface area (Å²) < 4.78 is 6.11. The molecule has 1 aromatic heterocycles. The van der Waals surface area contributed by atoms with Crippen LogP contribution >= 0.6 is 23.1 Å². The van der Waals surface area contributed by atoms with Gasteiger partial charge in [-0.2, -0.15) is 0 Å². The molecule has 0 saturated carbocycles. The number of likely N-dealkylation sites (N-methyl/N-ethyl adjacent to an activating group) is 1. The lowest BCUT2D eigenvalue weighted by Crippen LogP contribution is -2.63. The molecule has 1 N–H and O–H groups in total. The summed E-state index contributed by atoms with van der Waals surface area (Å²) in [5, 5.41) is 12.2. The largest absolute Gasteiger partial charge is 0.457 e. The first-order valence-corrected chi connectivity index (χ1v) is 12.5. The van der Waals surface area contributed by atoms with Crippen LogP contribution in [0.2, 0.25) is 0 Å². The second-order valence-electron chi connectivity index (χ2n) is 8.68. The zero-order chi connectivity index (χ0) is 23.2. The number of nitrogens with zero attached hydrogens (tertiary/aromatic N) is 3. The minimum Gasteiger partial charge on any atom is -0.457 e. The number of hydrogen-bond acceptors (Lipinski definition) is 8. The summed E-state index contributed by atoms with van der Waals surface area (Å²) in [6, 6.07) is 0.274. The van der Waals surface area contributed by atoms with Gasteiger partial charge in [0.25, 0.3) is 0 Å². The van der Waals surface area contributed by atoms with Crippen LogP contribution in [0.1, 0.15) is 32.9 Å². The number of β-lactam (4-membered cyclic amide) rings is 1. The Kier molecular flexibility index (Phi) is 6.63. The molecule has 0 aromatic carbocycles. The van der Waals surface area contributed by atoms with E-state index in [4.69, 9.17) is 9.72 Å². The predicted molar refractivity (Wildman–Crippen MR) is 126 cm³/mol. The van der Waals surface area contributed by atoms with E-state index in [9.17, 15) is 14.7 Å². The molecule has 0 bridgehead atoms. The van der Waals surface area contributed by atoms with E-state index >= 15 is 0 Å². The molecule has 4 heterocycles. The molecule has 7 nitrogen and oxygen atoms in total. The maximum Gasteiger partial charge on any atom is 0.356 e. The van der Waals surface area contributed by atoms with Crippen LogP contribution in [0.25, 0.3) is 5.57 Å². The molecule has 0 spiro atoms. The van der Waals surface area contributed by atoms with Crippen LogP contribution in [-0.2, 0) is 14.3 Å². The minimum atomic E-state index is -0.773. The third-order valence-electron chi connectivity index (χ3n) is 6.52. The average Bonchev–Trinajstić information content (AvgIpc) is 3.30. The molecule has 3 aliphatic heterocycles. The Balaban J connectivity index is 1.61. The third kappa shape index (κ3) is 3.96. The Morgan fingerprint density at radius 1 is 1.50 bits per heavy atom. The van der Waals surface area contributed by atoms with E-state index < -0.39 is 18.0 Å². The van der Waals surface area contributed by atoms with Gasteiger partial charge >= 0.3 is 5.97 Å². The molecular formula is C23H29N3O4S2. The molecule has 1 aromatic rings. The van der Waals surface area contributed by atoms with Gasteiger partial charge in [0.2, 0.25) is 5.91 Å². The minimum absolute atomic E-state index is 0.0721. The number of esters is 1. The Morgan fingerprint density at radius 2 is 2.25 bits per heavy atom. The van der Waals surface area contributed by atoms with Crippen LogP contribution in [0.15, 0.2) is 39.1 Å². The van der Waals surface area contributed by atoms with Crippen molar-refractivity contribution in [1.82, 2.24) is 14.8 Å². The second-order valence-corrected chi connectivity index (χ2v) is 10.8.